The van der Waals surface area contributed by atoms with E-state index in [1.165, 1.54) is 20.3 Å². The number of aliphatic carboxylic acids is 1. The molecule has 0 saturated carbocycles. The normalized spacial score (nSPS) is 33.2. The molecule has 45 nitrogen and oxygen atoms in total. The maximum atomic E-state index is 13.6. The smallest absolute Gasteiger partial charge is 0.726 e. The first-order valence-corrected chi connectivity index (χ1v) is 33.0. The van der Waals surface area contributed by atoms with E-state index < -0.39 is 205 Å². The Morgan fingerprint density at radius 3 is 1.51 bits per heavy atom. The Balaban J connectivity index is -0.00000198. The number of methoxy groups -OCH3 is 1. The molecule has 5 aliphatic heterocycles. The fourth-order valence-corrected chi connectivity index (χ4v) is 10.6. The van der Waals surface area contributed by atoms with Crippen LogP contribution in [-0.2, 0) is 138 Å². The van der Waals surface area contributed by atoms with Crippen molar-refractivity contribution in [3.05, 3.63) is 87.5 Å². The fraction of sp³-hybridized carbons (Fsp3) is 0.733. The first-order valence-electron chi connectivity index (χ1n) is 26.2. The minimum atomic E-state index is -5.74. The molecule has 10 unspecified atom stereocenters. The summed E-state index contributed by atoms with van der Waals surface area (Å²) >= 11 is 0. The number of hydrogen-bond donors (Lipinski definition) is 4. The molecule has 1 aromatic carbocycles. The summed E-state index contributed by atoms with van der Waals surface area (Å²) in [7, 11) is -24.7. The van der Waals surface area contributed by atoms with Crippen LogP contribution in [0.25, 0.3) is 31.3 Å². The van der Waals surface area contributed by atoms with Crippen LogP contribution in [0.3, 0.4) is 0 Å². The number of benzene rings is 1. The molecule has 5 aliphatic rings. The first kappa shape index (κ1) is 106. The first-order chi connectivity index (χ1) is 43.3. The van der Waals surface area contributed by atoms with Crippen molar-refractivity contribution in [3.63, 3.8) is 0 Å². The second-order valence-electron chi connectivity index (χ2n) is 20.3. The van der Waals surface area contributed by atoms with Gasteiger partial charge in [-0.05, 0) is 50.9 Å². The molecule has 4 N–H and O–H groups in total. The van der Waals surface area contributed by atoms with Gasteiger partial charge < -0.3 is 98.6 Å². The van der Waals surface area contributed by atoms with E-state index in [2.05, 4.69) is 48.1 Å². The monoisotopic (exact) mass is 1580 g/mol. The maximum Gasteiger partial charge on any atom is 1.00 e. The molecule has 6 rings (SSSR count). The zero-order chi connectivity index (χ0) is 71.6. The van der Waals surface area contributed by atoms with Gasteiger partial charge in [-0.15, -0.1) is 5.11 Å². The van der Waals surface area contributed by atoms with Crippen molar-refractivity contribution < 1.29 is 311 Å². The van der Waals surface area contributed by atoms with E-state index in [1.807, 2.05) is 13.8 Å². The molecule has 0 aliphatic carbocycles. The number of azide groups is 3. The van der Waals surface area contributed by atoms with Crippen molar-refractivity contribution >= 4 is 70.4 Å². The molecule has 0 bridgehead atoms. The maximum absolute atomic E-state index is 13.6. The van der Waals surface area contributed by atoms with Crippen LogP contribution >= 0.6 is 0 Å². The number of carbonyl (C=O) groups is 3. The van der Waals surface area contributed by atoms with Crippen LogP contribution in [0.2, 0.25) is 0 Å². The number of carboxylic acids is 1. The van der Waals surface area contributed by atoms with Crippen molar-refractivity contribution in [2.24, 2.45) is 44.9 Å². The van der Waals surface area contributed by atoms with Gasteiger partial charge in [0.15, 0.2) is 37.4 Å². The van der Waals surface area contributed by atoms with Gasteiger partial charge in [-0.1, -0.05) is 101 Å². The van der Waals surface area contributed by atoms with Gasteiger partial charge in [-0.3, -0.25) is 33.2 Å². The molecule has 5 heterocycles. The van der Waals surface area contributed by atoms with Crippen LogP contribution in [0.5, 0.6) is 0 Å². The third kappa shape index (κ3) is 36.7. The molecule has 0 radical (unpaired) electrons. The van der Waals surface area contributed by atoms with Crippen molar-refractivity contribution in [3.8, 4) is 0 Å². The van der Waals surface area contributed by atoms with Gasteiger partial charge in [0.05, 0.1) is 31.4 Å². The minimum Gasteiger partial charge on any atom is -0.726 e. The molecule has 0 amide bonds. The Kier molecular flexibility index (Phi) is 51.2. The average Bonchev–Trinajstić information content (AvgIpc) is 0.773. The number of ether oxygens (including phenoxy) is 12. The van der Waals surface area contributed by atoms with E-state index in [4.69, 9.17) is 114 Å². The molecule has 24 atom stereocenters. The molecule has 55 heteroatoms. The van der Waals surface area contributed by atoms with E-state index in [0.29, 0.717) is 5.56 Å². The summed E-state index contributed by atoms with van der Waals surface area (Å²) in [4.78, 5) is 46.8. The summed E-state index contributed by atoms with van der Waals surface area (Å²) in [6, 6.07) is 5.02. The number of carboxylic acid groups (broad SMARTS) is 1. The van der Waals surface area contributed by atoms with Crippen LogP contribution in [0, 0.1) is 49.9 Å². The van der Waals surface area contributed by atoms with Gasteiger partial charge in [0.2, 0.25) is 52.0 Å². The summed E-state index contributed by atoms with van der Waals surface area (Å²) in [5.41, 5.74) is 29.2. The second kappa shape index (κ2) is 48.3. The van der Waals surface area contributed by atoms with Gasteiger partial charge >= 0.3 is 166 Å². The quantitative estimate of drug-likeness (QED) is 0.00755. The fourth-order valence-electron chi connectivity index (χ4n) is 9.78. The molecule has 100 heavy (non-hydrogen) atoms. The Morgan fingerprint density at radius 2 is 1.04 bits per heavy atom. The van der Waals surface area contributed by atoms with Crippen LogP contribution < -0.4 is 148 Å². The van der Waals surface area contributed by atoms with Crippen LogP contribution in [-0.4, -0.2) is 232 Å². The Bertz CT molecular complexity index is 3340. The summed E-state index contributed by atoms with van der Waals surface area (Å²) in [6.45, 7) is 14.6. The van der Waals surface area contributed by atoms with Crippen molar-refractivity contribution in [2.75, 3.05) is 13.7 Å². The SMILES string of the molecule is C.O=S(=O)([O-])O.O=S(=O)([O-])O.O=S(=O)([O-])O.[CH2-]C1O[C@H](O[C@@H]2C(C(=O)O)O[C@@H](O[C@@H]3C(COS(=O)(=O)[O-])O[C@H](OC)C(N=[N+]=[N-])[C@H]3C)C(OS(=O)(=O)[O-])[C@H]2C)C(N=[N+]=[N-])[CH-][C@@H]1O[C@@H]1OC(C(=O)OC=O)[C@@H](O[C@H]2OC([CH2-])[C@@H](C)[C@H](C)C2N=[N+]=[N-])[C@H](C)C1OCc1ccccc1.[Na+].[Na+].[Na+].[Na+].[Na+]. The minimum absolute atomic E-state index is 0. The molecule has 5 fully saturated rings. The van der Waals surface area contributed by atoms with Gasteiger partial charge in [-0.2, -0.15) is 0 Å². The Labute approximate surface area is 685 Å². The summed E-state index contributed by atoms with van der Waals surface area (Å²) in [6.07, 6.45) is -24.3. The van der Waals surface area contributed by atoms with Gasteiger partial charge in [0.25, 0.3) is 0 Å². The third-order valence-electron chi connectivity index (χ3n) is 14.1. The van der Waals surface area contributed by atoms with Gasteiger partial charge in [-0.25, -0.2) is 51.7 Å². The average molecular weight is 1580 g/mol. The van der Waals surface area contributed by atoms with Crippen LogP contribution in [0.15, 0.2) is 45.7 Å². The Hall–Kier alpha value is -0.330. The number of carbonyl (C=O) groups excluding carboxylic acids is 2. The van der Waals surface area contributed by atoms with E-state index >= 15 is 0 Å². The largest absolute Gasteiger partial charge is 1.00 e. The third-order valence-corrected chi connectivity index (χ3v) is 15.0. The molecule has 0 spiro atoms. The summed E-state index contributed by atoms with van der Waals surface area (Å²) < 4.78 is 250. The number of esters is 1. The van der Waals surface area contributed by atoms with E-state index in [0.717, 1.165) is 7.11 Å². The Morgan fingerprint density at radius 1 is 0.590 bits per heavy atom. The standard InChI is InChI=1S/C44H60N9O24S2.CH4.5Na.3H2O4S/c1-18-19(2)29(49-52-46)42(68-23(18)6)74-33-21(4)34(65-15-25-12-10-9-11-13-25)43(76-37(33)39(57)66-17-54)70-27-14-26(48-51-45)40(69-24(27)7)73-32-22(5)35(77-79(61,62)63)44(75-36(32)38(55)56)72-31-20(3)30(50-53-47)41(64-8)71-28(31)16-67-78(58,59)60;;;;;;;3*1-5(2,3)4/h9-14,17-24,26-37,40-44H,6-7,15-16H2,1-5,8H3,(H,55,56)(H,58,59,60)(H,61,62,63);1H4;;;;;;3*(H2,1,2,3,4)/q-3;;5*+1;;;/p-5/t18-,19-,20+,21-,22-,23?,24?,26?,27-,28?,29?,30?,31-,32-,33-,34?,35?,36?,37?,40+,41-,42+,43+,44+;;;;;;;;;/m0........./s1. The molecular formula is C45H65N9Na5O36S5-3. The van der Waals surface area contributed by atoms with E-state index in [9.17, 15) is 62.0 Å². The number of rotatable bonds is 23. The zero-order valence-corrected chi connectivity index (χ0v) is 68.2. The van der Waals surface area contributed by atoms with E-state index in [1.54, 1.807) is 37.3 Å². The van der Waals surface area contributed by atoms with Crippen LogP contribution in [0.4, 0.5) is 0 Å². The summed E-state index contributed by atoms with van der Waals surface area (Å²) in [5, 5.41) is 21.8. The van der Waals surface area contributed by atoms with Crippen molar-refractivity contribution in [2.45, 2.75) is 165 Å². The van der Waals surface area contributed by atoms with E-state index in [-0.39, 0.29) is 180 Å². The molecule has 5 saturated heterocycles. The predicted molar refractivity (Wildman–Crippen MR) is 298 cm³/mol. The van der Waals surface area contributed by atoms with Crippen LogP contribution in [0.1, 0.15) is 47.6 Å². The number of hydrogen-bond acceptors (Lipinski definition) is 35. The van der Waals surface area contributed by atoms with Crippen molar-refractivity contribution in [1.29, 1.82) is 0 Å². The van der Waals surface area contributed by atoms with Gasteiger partial charge in [0.1, 0.15) is 36.8 Å². The zero-order valence-electron chi connectivity index (χ0n) is 54.1. The molecule has 1 aromatic rings. The molecule has 544 valence electrons. The topological polar surface area (TPSA) is 694 Å². The summed E-state index contributed by atoms with van der Waals surface area (Å²) in [5.74, 6) is -7.19. The predicted octanol–water partition coefficient (Wildman–Crippen LogP) is -14.8. The molecule has 0 aromatic heterocycles. The second-order valence-corrected chi connectivity index (χ2v) is 24.9. The van der Waals surface area contributed by atoms with Crippen molar-refractivity contribution in [1.82, 2.24) is 0 Å². The molecular weight excluding hydrogens is 1520 g/mol. The van der Waals surface area contributed by atoms with Gasteiger partial charge in [0, 0.05) is 28.8 Å². The number of nitrogens with zero attached hydrogens (tertiary/aromatic N) is 9.